The molecule has 3 rings (SSSR count). The monoisotopic (exact) mass is 286 g/mol. The van der Waals surface area contributed by atoms with Gasteiger partial charge in [-0.15, -0.1) is 10.2 Å². The van der Waals surface area contributed by atoms with Crippen LogP contribution in [-0.4, -0.2) is 68.2 Å². The molecule has 2 aromatic rings. The Bertz CT molecular complexity index is 586. The molecule has 1 aliphatic rings. The molecule has 0 radical (unpaired) electrons. The Kier molecular flexibility index (Phi) is 3.92. The van der Waals surface area contributed by atoms with Crippen LogP contribution in [0.1, 0.15) is 17.4 Å². The van der Waals surface area contributed by atoms with Crippen molar-refractivity contribution in [1.82, 2.24) is 29.5 Å². The SMILES string of the molecule is CCN1CCN(C(=O)c2ccc(-n3ccnc3)nn2)CC1. The number of imidazole rings is 1. The van der Waals surface area contributed by atoms with Crippen LogP contribution in [0.15, 0.2) is 30.9 Å². The van der Waals surface area contributed by atoms with E-state index in [9.17, 15) is 4.79 Å². The third-order valence-corrected chi connectivity index (χ3v) is 3.75. The molecule has 0 unspecified atom stereocenters. The van der Waals surface area contributed by atoms with Crippen molar-refractivity contribution in [2.45, 2.75) is 6.92 Å². The smallest absolute Gasteiger partial charge is 0.274 e. The maximum Gasteiger partial charge on any atom is 0.274 e. The Hall–Kier alpha value is -2.28. The second-order valence-corrected chi connectivity index (χ2v) is 4.97. The third-order valence-electron chi connectivity index (χ3n) is 3.75. The van der Waals surface area contributed by atoms with Gasteiger partial charge >= 0.3 is 0 Å². The van der Waals surface area contributed by atoms with E-state index in [1.165, 1.54) is 0 Å². The van der Waals surface area contributed by atoms with E-state index in [-0.39, 0.29) is 5.91 Å². The molecule has 110 valence electrons. The van der Waals surface area contributed by atoms with Gasteiger partial charge in [0.15, 0.2) is 11.5 Å². The fourth-order valence-electron chi connectivity index (χ4n) is 2.40. The summed E-state index contributed by atoms with van der Waals surface area (Å²) in [5, 5.41) is 8.13. The summed E-state index contributed by atoms with van der Waals surface area (Å²) in [5.41, 5.74) is 0.392. The molecule has 0 N–H and O–H groups in total. The number of piperazine rings is 1. The van der Waals surface area contributed by atoms with Crippen LogP contribution in [0.5, 0.6) is 0 Å². The van der Waals surface area contributed by atoms with Crippen molar-refractivity contribution in [2.75, 3.05) is 32.7 Å². The molecule has 21 heavy (non-hydrogen) atoms. The highest BCUT2D eigenvalue weighted by Gasteiger charge is 2.22. The molecule has 1 fully saturated rings. The van der Waals surface area contributed by atoms with Crippen molar-refractivity contribution in [3.8, 4) is 5.82 Å². The van der Waals surface area contributed by atoms with Gasteiger partial charge < -0.3 is 9.80 Å². The number of likely N-dealkylation sites (N-methyl/N-ethyl adjacent to an activating group) is 1. The molecule has 7 heteroatoms. The Morgan fingerprint density at radius 3 is 2.57 bits per heavy atom. The first-order valence-corrected chi connectivity index (χ1v) is 7.11. The van der Waals surface area contributed by atoms with Gasteiger partial charge in [-0.2, -0.15) is 0 Å². The van der Waals surface area contributed by atoms with Crippen LogP contribution >= 0.6 is 0 Å². The summed E-state index contributed by atoms with van der Waals surface area (Å²) in [6.45, 7) is 6.50. The Morgan fingerprint density at radius 1 is 1.19 bits per heavy atom. The normalized spacial score (nSPS) is 16.1. The van der Waals surface area contributed by atoms with Crippen molar-refractivity contribution in [3.63, 3.8) is 0 Å². The van der Waals surface area contributed by atoms with Crippen LogP contribution in [0.3, 0.4) is 0 Å². The van der Waals surface area contributed by atoms with Gasteiger partial charge in [0.05, 0.1) is 0 Å². The van der Waals surface area contributed by atoms with Crippen molar-refractivity contribution >= 4 is 5.91 Å². The fraction of sp³-hybridized carbons (Fsp3) is 0.429. The summed E-state index contributed by atoms with van der Waals surface area (Å²) in [5.74, 6) is 0.607. The summed E-state index contributed by atoms with van der Waals surface area (Å²) in [4.78, 5) is 20.5. The van der Waals surface area contributed by atoms with Gasteiger partial charge in [-0.05, 0) is 18.7 Å². The van der Waals surface area contributed by atoms with E-state index in [4.69, 9.17) is 0 Å². The molecule has 2 aromatic heterocycles. The van der Waals surface area contributed by atoms with E-state index >= 15 is 0 Å². The number of hydrogen-bond acceptors (Lipinski definition) is 5. The molecule has 0 bridgehead atoms. The summed E-state index contributed by atoms with van der Waals surface area (Å²) < 4.78 is 1.75. The van der Waals surface area contributed by atoms with Crippen molar-refractivity contribution < 1.29 is 4.79 Å². The Labute approximate surface area is 123 Å². The first-order valence-electron chi connectivity index (χ1n) is 7.11. The topological polar surface area (TPSA) is 67.2 Å². The lowest BCUT2D eigenvalue weighted by Gasteiger charge is -2.33. The second-order valence-electron chi connectivity index (χ2n) is 4.97. The average Bonchev–Trinajstić information content (AvgIpc) is 3.09. The number of aromatic nitrogens is 4. The lowest BCUT2D eigenvalue weighted by Crippen LogP contribution is -2.48. The molecule has 1 aliphatic heterocycles. The van der Waals surface area contributed by atoms with Crippen molar-refractivity contribution in [3.05, 3.63) is 36.5 Å². The van der Waals surface area contributed by atoms with Crippen LogP contribution in [0.4, 0.5) is 0 Å². The fourth-order valence-corrected chi connectivity index (χ4v) is 2.40. The number of hydrogen-bond donors (Lipinski definition) is 0. The first kappa shape index (κ1) is 13.7. The summed E-state index contributed by atoms with van der Waals surface area (Å²) in [7, 11) is 0. The lowest BCUT2D eigenvalue weighted by molar-refractivity contribution is 0.0636. The molecule has 0 atom stereocenters. The molecule has 3 heterocycles. The largest absolute Gasteiger partial charge is 0.335 e. The quantitative estimate of drug-likeness (QED) is 0.819. The van der Waals surface area contributed by atoms with E-state index in [2.05, 4.69) is 27.0 Å². The van der Waals surface area contributed by atoms with Gasteiger partial charge in [0.25, 0.3) is 5.91 Å². The zero-order chi connectivity index (χ0) is 14.7. The van der Waals surface area contributed by atoms with E-state index in [1.54, 1.807) is 35.4 Å². The molecular formula is C14H18N6O. The summed E-state index contributed by atoms with van der Waals surface area (Å²) in [6, 6.07) is 3.50. The van der Waals surface area contributed by atoms with E-state index in [0.717, 1.165) is 32.7 Å². The lowest BCUT2D eigenvalue weighted by atomic mass is 10.2. The molecule has 7 nitrogen and oxygen atoms in total. The first-order chi connectivity index (χ1) is 10.3. The average molecular weight is 286 g/mol. The summed E-state index contributed by atoms with van der Waals surface area (Å²) in [6.07, 6.45) is 5.11. The minimum Gasteiger partial charge on any atom is -0.335 e. The highest BCUT2D eigenvalue weighted by molar-refractivity contribution is 5.92. The van der Waals surface area contributed by atoms with Crippen LogP contribution in [0, 0.1) is 0 Å². The van der Waals surface area contributed by atoms with Crippen molar-refractivity contribution in [1.29, 1.82) is 0 Å². The van der Waals surface area contributed by atoms with E-state index < -0.39 is 0 Å². The molecule has 1 amide bonds. The zero-order valence-corrected chi connectivity index (χ0v) is 12.0. The maximum atomic E-state index is 12.4. The number of carbonyl (C=O) groups excluding carboxylic acids is 1. The second kappa shape index (κ2) is 6.01. The van der Waals surface area contributed by atoms with E-state index in [1.807, 2.05) is 4.90 Å². The molecule has 0 aromatic carbocycles. The molecule has 1 saturated heterocycles. The number of nitrogens with zero attached hydrogens (tertiary/aromatic N) is 6. The standard InChI is InChI=1S/C14H18N6O/c1-2-18-7-9-19(10-8-18)14(21)12-3-4-13(17-16-12)20-6-5-15-11-20/h3-6,11H,2,7-10H2,1H3. The van der Waals surface area contributed by atoms with Crippen LogP contribution in [0.2, 0.25) is 0 Å². The van der Waals surface area contributed by atoms with Gasteiger partial charge in [-0.1, -0.05) is 6.92 Å². The predicted octanol–water partition coefficient (Wildman–Crippen LogP) is 0.440. The minimum absolute atomic E-state index is 0.0459. The molecule has 0 saturated carbocycles. The van der Waals surface area contributed by atoms with Gasteiger partial charge in [-0.25, -0.2) is 4.98 Å². The third kappa shape index (κ3) is 2.92. The number of rotatable bonds is 3. The molecular weight excluding hydrogens is 268 g/mol. The predicted molar refractivity (Wildman–Crippen MR) is 77.2 cm³/mol. The van der Waals surface area contributed by atoms with E-state index in [0.29, 0.717) is 11.5 Å². The maximum absolute atomic E-state index is 12.4. The van der Waals surface area contributed by atoms with Gasteiger partial charge in [-0.3, -0.25) is 9.36 Å². The van der Waals surface area contributed by atoms with Crippen molar-refractivity contribution in [2.24, 2.45) is 0 Å². The van der Waals surface area contributed by atoms with Crippen LogP contribution < -0.4 is 0 Å². The zero-order valence-electron chi connectivity index (χ0n) is 12.0. The van der Waals surface area contributed by atoms with Gasteiger partial charge in [0.1, 0.15) is 6.33 Å². The molecule has 0 spiro atoms. The van der Waals surface area contributed by atoms with Gasteiger partial charge in [0, 0.05) is 38.6 Å². The van der Waals surface area contributed by atoms with Crippen LogP contribution in [0.25, 0.3) is 5.82 Å². The van der Waals surface area contributed by atoms with Crippen LogP contribution in [-0.2, 0) is 0 Å². The number of amides is 1. The highest BCUT2D eigenvalue weighted by Crippen LogP contribution is 2.08. The van der Waals surface area contributed by atoms with Gasteiger partial charge in [0.2, 0.25) is 0 Å². The highest BCUT2D eigenvalue weighted by atomic mass is 16.2. The minimum atomic E-state index is -0.0459. The number of carbonyl (C=O) groups is 1. The Balaban J connectivity index is 1.68. The summed E-state index contributed by atoms with van der Waals surface area (Å²) >= 11 is 0. The Morgan fingerprint density at radius 2 is 2.00 bits per heavy atom. The molecule has 0 aliphatic carbocycles.